The van der Waals surface area contributed by atoms with Crippen molar-refractivity contribution in [3.63, 3.8) is 0 Å². The molecule has 0 aromatic heterocycles. The van der Waals surface area contributed by atoms with Gasteiger partial charge in [-0.1, -0.05) is 53.6 Å². The third kappa shape index (κ3) is 4.57. The summed E-state index contributed by atoms with van der Waals surface area (Å²) in [5, 5.41) is 2.19. The fraction of sp³-hybridized carbons (Fsp3) is 0.0769. The smallest absolute Gasteiger partial charge is 0.343 e. The second-order valence-corrected chi connectivity index (χ2v) is 7.59. The van der Waals surface area contributed by atoms with Crippen molar-refractivity contribution < 1.29 is 23.9 Å². The first-order valence-corrected chi connectivity index (χ1v) is 10.2. The predicted molar refractivity (Wildman–Crippen MR) is 123 cm³/mol. The lowest BCUT2D eigenvalue weighted by atomic mass is 10.1. The molecule has 7 heteroatoms. The largest absolute Gasteiger partial charge is 0.422 e. The van der Waals surface area contributed by atoms with Gasteiger partial charge in [0, 0.05) is 5.56 Å². The first-order chi connectivity index (χ1) is 15.8. The number of imide groups is 2. The molecule has 3 aromatic carbocycles. The number of nitrogens with zero attached hydrogens (tertiary/aromatic N) is 1. The maximum absolute atomic E-state index is 13.1. The number of rotatable bonds is 4. The zero-order valence-corrected chi connectivity index (χ0v) is 18.0. The minimum Gasteiger partial charge on any atom is -0.422 e. The monoisotopic (exact) mass is 440 g/mol. The van der Waals surface area contributed by atoms with Gasteiger partial charge in [0.25, 0.3) is 11.8 Å². The van der Waals surface area contributed by atoms with Crippen molar-refractivity contribution in [2.24, 2.45) is 0 Å². The van der Waals surface area contributed by atoms with E-state index in [0.29, 0.717) is 16.8 Å². The van der Waals surface area contributed by atoms with Crippen LogP contribution in [0.25, 0.3) is 6.08 Å². The van der Waals surface area contributed by atoms with Gasteiger partial charge in [-0.3, -0.25) is 14.9 Å². The number of carbonyl (C=O) groups is 4. The number of barbiturate groups is 1. The van der Waals surface area contributed by atoms with E-state index in [4.69, 9.17) is 4.74 Å². The fourth-order valence-corrected chi connectivity index (χ4v) is 3.36. The molecular formula is C26H20N2O5. The number of ether oxygens (including phenoxy) is 1. The molecule has 0 radical (unpaired) electrons. The molecule has 0 atom stereocenters. The Labute approximate surface area is 190 Å². The molecule has 4 rings (SSSR count). The van der Waals surface area contributed by atoms with Crippen molar-refractivity contribution in [1.82, 2.24) is 5.32 Å². The van der Waals surface area contributed by atoms with Crippen LogP contribution in [0.4, 0.5) is 10.5 Å². The Morgan fingerprint density at radius 2 is 1.61 bits per heavy atom. The molecule has 0 saturated carbocycles. The second-order valence-electron chi connectivity index (χ2n) is 7.59. The zero-order valence-electron chi connectivity index (χ0n) is 18.0. The number of amides is 4. The highest BCUT2D eigenvalue weighted by Gasteiger charge is 2.37. The quantitative estimate of drug-likeness (QED) is 0.284. The molecule has 1 aliphatic heterocycles. The number of benzene rings is 3. The van der Waals surface area contributed by atoms with Gasteiger partial charge in [-0.05, 0) is 50.3 Å². The first-order valence-electron chi connectivity index (χ1n) is 10.2. The predicted octanol–water partition coefficient (Wildman–Crippen LogP) is 4.19. The van der Waals surface area contributed by atoms with E-state index in [-0.39, 0.29) is 11.3 Å². The molecule has 0 aliphatic carbocycles. The number of aryl methyl sites for hydroxylation is 2. The van der Waals surface area contributed by atoms with E-state index in [0.717, 1.165) is 16.0 Å². The molecule has 4 amide bonds. The molecule has 7 nitrogen and oxygen atoms in total. The zero-order chi connectivity index (χ0) is 23.5. The van der Waals surface area contributed by atoms with E-state index < -0.39 is 23.8 Å². The molecule has 0 bridgehead atoms. The lowest BCUT2D eigenvalue weighted by molar-refractivity contribution is -0.122. The summed E-state index contributed by atoms with van der Waals surface area (Å²) in [7, 11) is 0. The Balaban J connectivity index is 1.67. The number of carbonyl (C=O) groups excluding carboxylic acids is 4. The van der Waals surface area contributed by atoms with Crippen LogP contribution in [0.2, 0.25) is 0 Å². The average Bonchev–Trinajstić information content (AvgIpc) is 2.79. The Bertz CT molecular complexity index is 1310. The van der Waals surface area contributed by atoms with Crippen LogP contribution < -0.4 is 15.0 Å². The Morgan fingerprint density at radius 3 is 2.33 bits per heavy atom. The molecule has 1 saturated heterocycles. The Morgan fingerprint density at radius 1 is 0.879 bits per heavy atom. The van der Waals surface area contributed by atoms with Crippen LogP contribution in [-0.4, -0.2) is 23.8 Å². The van der Waals surface area contributed by atoms with Crippen LogP contribution in [-0.2, 0) is 9.59 Å². The van der Waals surface area contributed by atoms with Crippen molar-refractivity contribution >= 4 is 35.6 Å². The summed E-state index contributed by atoms with van der Waals surface area (Å²) >= 11 is 0. The number of hydrogen-bond acceptors (Lipinski definition) is 5. The van der Waals surface area contributed by atoms with Crippen LogP contribution in [0.15, 0.2) is 78.4 Å². The number of esters is 1. The highest BCUT2D eigenvalue weighted by Crippen LogP contribution is 2.26. The number of urea groups is 1. The van der Waals surface area contributed by atoms with Gasteiger partial charge < -0.3 is 4.74 Å². The van der Waals surface area contributed by atoms with Crippen LogP contribution in [0, 0.1) is 13.8 Å². The molecule has 3 aromatic rings. The Hall–Kier alpha value is -4.52. The summed E-state index contributed by atoms with van der Waals surface area (Å²) < 4.78 is 5.54. The van der Waals surface area contributed by atoms with E-state index in [1.807, 2.05) is 19.9 Å². The van der Waals surface area contributed by atoms with Crippen LogP contribution in [0.5, 0.6) is 5.75 Å². The van der Waals surface area contributed by atoms with Crippen molar-refractivity contribution in [3.05, 3.63) is 101 Å². The van der Waals surface area contributed by atoms with Gasteiger partial charge in [0.15, 0.2) is 0 Å². The summed E-state index contributed by atoms with van der Waals surface area (Å²) in [4.78, 5) is 51.5. The van der Waals surface area contributed by atoms with Crippen molar-refractivity contribution in [3.8, 4) is 5.75 Å². The third-order valence-electron chi connectivity index (χ3n) is 5.07. The Kier molecular flexibility index (Phi) is 5.87. The lowest BCUT2D eigenvalue weighted by Gasteiger charge is -2.26. The van der Waals surface area contributed by atoms with E-state index in [2.05, 4.69) is 5.32 Å². The summed E-state index contributed by atoms with van der Waals surface area (Å²) in [5.74, 6) is -1.99. The third-order valence-corrected chi connectivity index (χ3v) is 5.07. The van der Waals surface area contributed by atoms with Crippen LogP contribution in [0.3, 0.4) is 0 Å². The van der Waals surface area contributed by atoms with E-state index >= 15 is 0 Å². The standard InChI is InChI=1S/C26H20N2O5/c1-16-10-12-20(13-11-16)28-24(30)21(23(29)27-26(28)32)15-18-7-3-4-9-22(18)33-25(31)19-8-5-6-17(2)14-19/h3-15H,1-2H3,(H,27,29,32). The lowest BCUT2D eigenvalue weighted by Crippen LogP contribution is -2.54. The van der Waals surface area contributed by atoms with E-state index in [9.17, 15) is 19.2 Å². The molecule has 0 unspecified atom stereocenters. The van der Waals surface area contributed by atoms with Crippen molar-refractivity contribution in [2.75, 3.05) is 4.90 Å². The minimum absolute atomic E-state index is 0.177. The van der Waals surface area contributed by atoms with Gasteiger partial charge in [0.2, 0.25) is 0 Å². The molecular weight excluding hydrogens is 420 g/mol. The molecule has 164 valence electrons. The minimum atomic E-state index is -0.829. The maximum atomic E-state index is 13.1. The number of para-hydroxylation sites is 1. The van der Waals surface area contributed by atoms with Gasteiger partial charge in [0.05, 0.1) is 11.3 Å². The van der Waals surface area contributed by atoms with Crippen LogP contribution in [0.1, 0.15) is 27.0 Å². The average molecular weight is 440 g/mol. The highest BCUT2D eigenvalue weighted by molar-refractivity contribution is 6.39. The number of nitrogens with one attached hydrogen (secondary N) is 1. The first kappa shape index (κ1) is 21.7. The fourth-order valence-electron chi connectivity index (χ4n) is 3.36. The summed E-state index contributed by atoms with van der Waals surface area (Å²) in [6, 6.07) is 19.4. The van der Waals surface area contributed by atoms with Gasteiger partial charge in [0.1, 0.15) is 11.3 Å². The molecule has 1 fully saturated rings. The molecule has 1 aliphatic rings. The van der Waals surface area contributed by atoms with Crippen LogP contribution >= 0.6 is 0 Å². The summed E-state index contributed by atoms with van der Waals surface area (Å²) in [5.41, 5.74) is 2.66. The van der Waals surface area contributed by atoms with E-state index in [1.54, 1.807) is 66.7 Å². The summed E-state index contributed by atoms with van der Waals surface area (Å²) in [6.45, 7) is 3.75. The number of anilines is 1. The molecule has 33 heavy (non-hydrogen) atoms. The van der Waals surface area contributed by atoms with Gasteiger partial charge in [-0.15, -0.1) is 0 Å². The SMILES string of the molecule is Cc1ccc(N2C(=O)NC(=O)C(=Cc3ccccc3OC(=O)c3cccc(C)c3)C2=O)cc1. The summed E-state index contributed by atoms with van der Waals surface area (Å²) in [6.07, 6.45) is 1.31. The normalized spacial score (nSPS) is 14.9. The molecule has 0 spiro atoms. The van der Waals surface area contributed by atoms with Crippen molar-refractivity contribution in [2.45, 2.75) is 13.8 Å². The van der Waals surface area contributed by atoms with Crippen molar-refractivity contribution in [1.29, 1.82) is 0 Å². The van der Waals surface area contributed by atoms with Gasteiger partial charge in [-0.2, -0.15) is 0 Å². The second kappa shape index (κ2) is 8.92. The molecule has 1 heterocycles. The van der Waals surface area contributed by atoms with Gasteiger partial charge >= 0.3 is 12.0 Å². The molecule has 1 N–H and O–H groups in total. The van der Waals surface area contributed by atoms with Gasteiger partial charge in [-0.25, -0.2) is 14.5 Å². The van der Waals surface area contributed by atoms with E-state index in [1.165, 1.54) is 6.08 Å². The maximum Gasteiger partial charge on any atom is 0.343 e. The number of hydrogen-bond donors (Lipinski definition) is 1. The topological polar surface area (TPSA) is 92.8 Å². The highest BCUT2D eigenvalue weighted by atomic mass is 16.5.